The van der Waals surface area contributed by atoms with Gasteiger partial charge in [-0.05, 0) is 64.3 Å². The first-order valence-electron chi connectivity index (χ1n) is 13.3. The van der Waals surface area contributed by atoms with Gasteiger partial charge in [0.25, 0.3) is 5.91 Å². The molecule has 7 heteroatoms. The first-order chi connectivity index (χ1) is 16.8. The highest BCUT2D eigenvalue weighted by molar-refractivity contribution is 6.03. The maximum atomic E-state index is 13.4. The molecule has 1 amide bonds. The number of phenols is 1. The fourth-order valence-electron chi connectivity index (χ4n) is 7.31. The van der Waals surface area contributed by atoms with Crippen molar-refractivity contribution in [1.29, 1.82) is 0 Å². The van der Waals surface area contributed by atoms with E-state index < -0.39 is 5.60 Å². The van der Waals surface area contributed by atoms with Gasteiger partial charge in [-0.15, -0.1) is 0 Å². The Bertz CT molecular complexity index is 1080. The van der Waals surface area contributed by atoms with Crippen LogP contribution in [0.5, 0.6) is 17.2 Å². The van der Waals surface area contributed by atoms with Crippen LogP contribution in [0.1, 0.15) is 69.2 Å². The Balaban J connectivity index is 1.18. The minimum Gasteiger partial charge on any atom is -0.507 e. The molecule has 5 aliphatic rings. The number of aromatic hydroxyl groups is 1. The third kappa shape index (κ3) is 4.11. The average molecular weight is 481 g/mol. The molecule has 0 spiro atoms. The van der Waals surface area contributed by atoms with Crippen LogP contribution in [0.15, 0.2) is 23.8 Å². The van der Waals surface area contributed by atoms with Crippen molar-refractivity contribution in [1.82, 2.24) is 9.80 Å². The number of phenolic OH excluding ortho intramolecular Hbond substituents is 1. The summed E-state index contributed by atoms with van der Waals surface area (Å²) in [7, 11) is 0. The molecule has 3 fully saturated rings. The molecule has 3 saturated heterocycles. The standard InChI is InChI=1S/C28H36N2O5/c1-28(2)14-23(32)26-22(31)12-20(13-24(26)35-28)34-16-25(33)30-9-5-6-17-10-18-11-19(27(17)30)15-29-8-4-3-7-21(18)29/h10,12-13,18-19,21,27,31H,3-9,11,14-16H2,1-2H3. The Morgan fingerprint density at radius 2 is 2.09 bits per heavy atom. The van der Waals surface area contributed by atoms with Gasteiger partial charge in [0, 0.05) is 31.3 Å². The molecule has 1 aromatic carbocycles. The number of carbonyl (C=O) groups excluding carboxylic acids is 2. The largest absolute Gasteiger partial charge is 0.507 e. The summed E-state index contributed by atoms with van der Waals surface area (Å²) in [4.78, 5) is 30.6. The van der Waals surface area contributed by atoms with Crippen molar-refractivity contribution in [3.63, 3.8) is 0 Å². The van der Waals surface area contributed by atoms with Gasteiger partial charge in [0.2, 0.25) is 0 Å². The van der Waals surface area contributed by atoms with E-state index in [1.807, 2.05) is 18.7 Å². The van der Waals surface area contributed by atoms with Crippen LogP contribution in [0, 0.1) is 11.8 Å². The lowest BCUT2D eigenvalue weighted by atomic mass is 9.68. The van der Waals surface area contributed by atoms with Gasteiger partial charge in [-0.25, -0.2) is 0 Å². The van der Waals surface area contributed by atoms with E-state index in [0.29, 0.717) is 29.4 Å². The van der Waals surface area contributed by atoms with E-state index in [9.17, 15) is 14.7 Å². The highest BCUT2D eigenvalue weighted by Gasteiger charge is 2.47. The molecule has 2 bridgehead atoms. The minimum atomic E-state index is -0.645. The Labute approximate surface area is 207 Å². The maximum Gasteiger partial charge on any atom is 0.261 e. The van der Waals surface area contributed by atoms with Crippen molar-refractivity contribution in [2.45, 2.75) is 76.5 Å². The zero-order chi connectivity index (χ0) is 24.3. The van der Waals surface area contributed by atoms with E-state index in [-0.39, 0.29) is 42.1 Å². The number of Topliss-reactive ketones (excluding diaryl/α,β-unsaturated/α-hetero) is 1. The number of nitrogens with zero attached hydrogens (tertiary/aromatic N) is 2. The third-order valence-corrected chi connectivity index (χ3v) is 8.65. The number of ketones is 1. The van der Waals surface area contributed by atoms with Crippen LogP contribution in [0.2, 0.25) is 0 Å². The Hall–Kier alpha value is -2.54. The van der Waals surface area contributed by atoms with E-state index in [0.717, 1.165) is 25.9 Å². The number of likely N-dealkylation sites (tertiary alicyclic amines) is 1. The second-order valence-electron chi connectivity index (χ2n) is 11.7. The fraction of sp³-hybridized carbons (Fsp3) is 0.643. The number of piperidine rings is 3. The quantitative estimate of drug-likeness (QED) is 0.661. The maximum absolute atomic E-state index is 13.4. The predicted molar refractivity (Wildman–Crippen MR) is 131 cm³/mol. The number of hydrogen-bond acceptors (Lipinski definition) is 6. The summed E-state index contributed by atoms with van der Waals surface area (Å²) < 4.78 is 11.8. The van der Waals surface area contributed by atoms with Crippen LogP contribution in [0.3, 0.4) is 0 Å². The summed E-state index contributed by atoms with van der Waals surface area (Å²) in [5.74, 6) is 1.45. The lowest BCUT2D eigenvalue weighted by Crippen LogP contribution is -2.60. The van der Waals surface area contributed by atoms with Crippen LogP contribution >= 0.6 is 0 Å². The Morgan fingerprint density at radius 1 is 1.23 bits per heavy atom. The second-order valence-corrected chi connectivity index (χ2v) is 11.7. The van der Waals surface area contributed by atoms with Gasteiger partial charge in [-0.3, -0.25) is 14.5 Å². The van der Waals surface area contributed by atoms with Gasteiger partial charge in [0.1, 0.15) is 28.4 Å². The molecule has 1 N–H and O–H groups in total. The van der Waals surface area contributed by atoms with Crippen molar-refractivity contribution in [2.75, 3.05) is 26.2 Å². The molecule has 1 aromatic rings. The highest BCUT2D eigenvalue weighted by atomic mass is 16.5. The third-order valence-electron chi connectivity index (χ3n) is 8.65. The molecule has 7 nitrogen and oxygen atoms in total. The van der Waals surface area contributed by atoms with Crippen molar-refractivity contribution >= 4 is 11.7 Å². The monoisotopic (exact) mass is 480 g/mol. The van der Waals surface area contributed by atoms with Crippen molar-refractivity contribution in [3.05, 3.63) is 29.3 Å². The average Bonchev–Trinajstić information content (AvgIpc) is 2.81. The lowest BCUT2D eigenvalue weighted by molar-refractivity contribution is -0.138. The number of amides is 1. The summed E-state index contributed by atoms with van der Waals surface area (Å²) in [5, 5.41) is 10.5. The molecule has 0 aromatic heterocycles. The van der Waals surface area contributed by atoms with E-state index in [2.05, 4.69) is 11.0 Å². The molecule has 1 aliphatic carbocycles. The smallest absolute Gasteiger partial charge is 0.261 e. The molecular formula is C28H36N2O5. The summed E-state index contributed by atoms with van der Waals surface area (Å²) >= 11 is 0. The Morgan fingerprint density at radius 3 is 2.94 bits per heavy atom. The number of fused-ring (bicyclic) bond motifs is 7. The molecule has 0 saturated carbocycles. The minimum absolute atomic E-state index is 0.0191. The number of benzene rings is 1. The van der Waals surface area contributed by atoms with Gasteiger partial charge in [0.15, 0.2) is 12.4 Å². The van der Waals surface area contributed by atoms with Gasteiger partial charge in [0.05, 0.1) is 12.5 Å². The molecule has 0 radical (unpaired) electrons. The molecule has 4 unspecified atom stereocenters. The zero-order valence-electron chi connectivity index (χ0n) is 20.8. The van der Waals surface area contributed by atoms with Gasteiger partial charge in [-0.1, -0.05) is 18.1 Å². The SMILES string of the molecule is CC1(C)CC(=O)c2c(O)cc(OCC(=O)N3CCCC4=CC5CC(CN6CCCCC56)C43)cc2O1. The second kappa shape index (κ2) is 8.54. The van der Waals surface area contributed by atoms with Gasteiger partial charge in [-0.2, -0.15) is 0 Å². The van der Waals surface area contributed by atoms with Crippen molar-refractivity contribution < 1.29 is 24.2 Å². The summed E-state index contributed by atoms with van der Waals surface area (Å²) in [5.41, 5.74) is 1.00. The molecule has 35 heavy (non-hydrogen) atoms. The van der Waals surface area contributed by atoms with Gasteiger partial charge < -0.3 is 19.5 Å². The van der Waals surface area contributed by atoms with Gasteiger partial charge >= 0.3 is 0 Å². The number of ether oxygens (including phenoxy) is 2. The molecule has 188 valence electrons. The molecule has 6 rings (SSSR count). The number of rotatable bonds is 3. The van der Waals surface area contributed by atoms with Crippen LogP contribution in [-0.4, -0.2) is 70.5 Å². The van der Waals surface area contributed by atoms with Crippen LogP contribution in [-0.2, 0) is 4.79 Å². The summed E-state index contributed by atoms with van der Waals surface area (Å²) in [6.07, 6.45) is 9.92. The van der Waals surface area contributed by atoms with Crippen molar-refractivity contribution in [3.8, 4) is 17.2 Å². The van der Waals surface area contributed by atoms with E-state index in [4.69, 9.17) is 9.47 Å². The summed E-state index contributed by atoms with van der Waals surface area (Å²) in [6, 6.07) is 3.90. The number of hydrogen-bond donors (Lipinski definition) is 1. The molecular weight excluding hydrogens is 444 g/mol. The van der Waals surface area contributed by atoms with Crippen LogP contribution in [0.4, 0.5) is 0 Å². The predicted octanol–water partition coefficient (Wildman–Crippen LogP) is 3.94. The zero-order valence-corrected chi connectivity index (χ0v) is 20.8. The lowest BCUT2D eigenvalue weighted by Gasteiger charge is -2.54. The van der Waals surface area contributed by atoms with Crippen molar-refractivity contribution in [2.24, 2.45) is 11.8 Å². The van der Waals surface area contributed by atoms with E-state index in [1.165, 1.54) is 43.9 Å². The fourth-order valence-corrected chi connectivity index (χ4v) is 7.31. The molecule has 4 heterocycles. The van der Waals surface area contributed by atoms with Crippen LogP contribution in [0.25, 0.3) is 0 Å². The first-order valence-corrected chi connectivity index (χ1v) is 13.3. The summed E-state index contributed by atoms with van der Waals surface area (Å²) in [6.45, 7) is 6.63. The first kappa shape index (κ1) is 22.9. The van der Waals surface area contributed by atoms with Crippen LogP contribution < -0.4 is 9.47 Å². The number of carbonyl (C=O) groups is 2. The highest BCUT2D eigenvalue weighted by Crippen LogP contribution is 2.45. The van der Waals surface area contributed by atoms with E-state index in [1.54, 1.807) is 6.07 Å². The molecule has 4 atom stereocenters. The topological polar surface area (TPSA) is 79.3 Å². The molecule has 4 aliphatic heterocycles. The normalized spacial score (nSPS) is 31.4. The van der Waals surface area contributed by atoms with E-state index >= 15 is 0 Å². The Kier molecular flexibility index (Phi) is 5.59.